The summed E-state index contributed by atoms with van der Waals surface area (Å²) < 4.78 is 0. The van der Waals surface area contributed by atoms with Crippen molar-refractivity contribution < 1.29 is 4.79 Å². The van der Waals surface area contributed by atoms with Gasteiger partial charge in [-0.1, -0.05) is 26.7 Å². The van der Waals surface area contributed by atoms with E-state index in [1.54, 1.807) is 0 Å². The normalized spacial score (nSPS) is 23.0. The van der Waals surface area contributed by atoms with Crippen molar-refractivity contribution in [1.29, 1.82) is 0 Å². The first-order chi connectivity index (χ1) is 10.0. The topological polar surface area (TPSA) is 35.6 Å². The maximum Gasteiger partial charge on any atom is 0.236 e. The van der Waals surface area contributed by atoms with Crippen LogP contribution < -0.4 is 5.32 Å². The number of rotatable bonds is 6. The Balaban J connectivity index is 1.73. The van der Waals surface area contributed by atoms with Crippen LogP contribution in [0.2, 0.25) is 0 Å². The highest BCUT2D eigenvalue weighted by molar-refractivity contribution is 5.78. The number of hydrogen-bond acceptors (Lipinski definition) is 3. The fourth-order valence-electron chi connectivity index (χ4n) is 4.05. The summed E-state index contributed by atoms with van der Waals surface area (Å²) in [7, 11) is 2.12. The van der Waals surface area contributed by atoms with E-state index in [0.717, 1.165) is 38.6 Å². The van der Waals surface area contributed by atoms with Crippen LogP contribution in [-0.4, -0.2) is 62.0 Å². The van der Waals surface area contributed by atoms with Crippen LogP contribution in [0.15, 0.2) is 0 Å². The fourth-order valence-corrected chi connectivity index (χ4v) is 4.05. The van der Waals surface area contributed by atoms with E-state index in [4.69, 9.17) is 0 Å². The van der Waals surface area contributed by atoms with Crippen LogP contribution in [0.5, 0.6) is 0 Å². The first kappa shape index (κ1) is 16.8. The van der Waals surface area contributed by atoms with Gasteiger partial charge in [-0.25, -0.2) is 0 Å². The molecule has 1 saturated carbocycles. The molecule has 2 rings (SSSR count). The summed E-state index contributed by atoms with van der Waals surface area (Å²) in [6, 6.07) is 0. The van der Waals surface area contributed by atoms with Crippen molar-refractivity contribution in [3.8, 4) is 0 Å². The minimum absolute atomic E-state index is 0.279. The molecule has 2 fully saturated rings. The molecule has 21 heavy (non-hydrogen) atoms. The number of carbonyl (C=O) groups excluding carboxylic acids is 1. The van der Waals surface area contributed by atoms with Crippen LogP contribution in [-0.2, 0) is 4.79 Å². The predicted molar refractivity (Wildman–Crippen MR) is 87.3 cm³/mol. The Kier molecular flexibility index (Phi) is 6.06. The van der Waals surface area contributed by atoms with Gasteiger partial charge in [0, 0.05) is 32.7 Å². The van der Waals surface area contributed by atoms with Crippen LogP contribution in [0.3, 0.4) is 0 Å². The summed E-state index contributed by atoms with van der Waals surface area (Å²) in [6.45, 7) is 9.94. The van der Waals surface area contributed by atoms with Crippen molar-refractivity contribution in [3.05, 3.63) is 0 Å². The number of amides is 1. The second kappa shape index (κ2) is 7.59. The number of hydrogen-bond donors (Lipinski definition) is 1. The Labute approximate surface area is 130 Å². The molecule has 1 aliphatic heterocycles. The quantitative estimate of drug-likeness (QED) is 0.813. The first-order valence-corrected chi connectivity index (χ1v) is 8.68. The molecule has 122 valence electrons. The molecular formula is C17H33N3O. The molecule has 1 heterocycles. The maximum atomic E-state index is 12.3. The molecule has 4 heteroatoms. The zero-order chi connectivity index (χ0) is 15.3. The summed E-state index contributed by atoms with van der Waals surface area (Å²) in [5.41, 5.74) is 0.455. The van der Waals surface area contributed by atoms with Gasteiger partial charge in [-0.3, -0.25) is 4.79 Å². The molecule has 0 bridgehead atoms. The summed E-state index contributed by atoms with van der Waals surface area (Å²) in [6.07, 6.45) is 6.69. The SMILES string of the molecule is CC(C)CC1(CNCC(=O)N2CCN(C)CC2)CCCC1. The van der Waals surface area contributed by atoms with Crippen molar-refractivity contribution in [2.24, 2.45) is 11.3 Å². The number of nitrogens with zero attached hydrogens (tertiary/aromatic N) is 2. The Morgan fingerprint density at radius 3 is 2.33 bits per heavy atom. The lowest BCUT2D eigenvalue weighted by Gasteiger charge is -2.34. The minimum atomic E-state index is 0.279. The molecule has 0 atom stereocenters. The van der Waals surface area contributed by atoms with Crippen molar-refractivity contribution in [3.63, 3.8) is 0 Å². The largest absolute Gasteiger partial charge is 0.339 e. The molecule has 1 saturated heterocycles. The summed E-state index contributed by atoms with van der Waals surface area (Å²) in [5, 5.41) is 3.48. The second-order valence-electron chi connectivity index (χ2n) is 7.59. The molecule has 1 N–H and O–H groups in total. The van der Waals surface area contributed by atoms with E-state index in [2.05, 4.69) is 31.1 Å². The van der Waals surface area contributed by atoms with Gasteiger partial charge < -0.3 is 15.1 Å². The van der Waals surface area contributed by atoms with Crippen molar-refractivity contribution in [2.75, 3.05) is 46.3 Å². The van der Waals surface area contributed by atoms with Crippen LogP contribution in [0, 0.1) is 11.3 Å². The molecule has 0 aromatic rings. The van der Waals surface area contributed by atoms with Gasteiger partial charge in [0.2, 0.25) is 5.91 Å². The lowest BCUT2D eigenvalue weighted by molar-refractivity contribution is -0.131. The van der Waals surface area contributed by atoms with Gasteiger partial charge in [-0.15, -0.1) is 0 Å². The van der Waals surface area contributed by atoms with E-state index in [1.165, 1.54) is 32.1 Å². The number of piperazine rings is 1. The number of nitrogens with one attached hydrogen (secondary N) is 1. The molecule has 0 radical (unpaired) electrons. The zero-order valence-electron chi connectivity index (χ0n) is 14.2. The van der Waals surface area contributed by atoms with Crippen molar-refractivity contribution in [2.45, 2.75) is 46.0 Å². The van der Waals surface area contributed by atoms with Gasteiger partial charge in [0.05, 0.1) is 6.54 Å². The molecule has 0 aromatic heterocycles. The third kappa shape index (κ3) is 4.96. The van der Waals surface area contributed by atoms with Gasteiger partial charge in [-0.2, -0.15) is 0 Å². The molecular weight excluding hydrogens is 262 g/mol. The molecule has 0 unspecified atom stereocenters. The van der Waals surface area contributed by atoms with E-state index in [9.17, 15) is 4.79 Å². The van der Waals surface area contributed by atoms with Crippen LogP contribution in [0.1, 0.15) is 46.0 Å². The van der Waals surface area contributed by atoms with E-state index >= 15 is 0 Å². The fraction of sp³-hybridized carbons (Fsp3) is 0.941. The van der Waals surface area contributed by atoms with E-state index in [1.807, 2.05) is 4.90 Å². The molecule has 2 aliphatic rings. The smallest absolute Gasteiger partial charge is 0.236 e. The number of carbonyl (C=O) groups is 1. The Bertz CT molecular complexity index is 329. The summed E-state index contributed by atoms with van der Waals surface area (Å²) in [4.78, 5) is 16.5. The highest BCUT2D eigenvalue weighted by atomic mass is 16.2. The van der Waals surface area contributed by atoms with Gasteiger partial charge in [-0.05, 0) is 37.6 Å². The monoisotopic (exact) mass is 295 g/mol. The third-order valence-electron chi connectivity index (χ3n) is 5.14. The molecule has 1 aliphatic carbocycles. The maximum absolute atomic E-state index is 12.3. The minimum Gasteiger partial charge on any atom is -0.339 e. The van der Waals surface area contributed by atoms with Crippen LogP contribution >= 0.6 is 0 Å². The van der Waals surface area contributed by atoms with E-state index in [-0.39, 0.29) is 5.91 Å². The van der Waals surface area contributed by atoms with E-state index in [0.29, 0.717) is 12.0 Å². The van der Waals surface area contributed by atoms with Gasteiger partial charge >= 0.3 is 0 Å². The molecule has 1 amide bonds. The second-order valence-corrected chi connectivity index (χ2v) is 7.59. The molecule has 0 spiro atoms. The Morgan fingerprint density at radius 2 is 1.76 bits per heavy atom. The van der Waals surface area contributed by atoms with Crippen LogP contribution in [0.25, 0.3) is 0 Å². The molecule has 4 nitrogen and oxygen atoms in total. The number of likely N-dealkylation sites (N-methyl/N-ethyl adjacent to an activating group) is 1. The highest BCUT2D eigenvalue weighted by Gasteiger charge is 2.34. The highest BCUT2D eigenvalue weighted by Crippen LogP contribution is 2.42. The molecule has 0 aromatic carbocycles. The first-order valence-electron chi connectivity index (χ1n) is 8.68. The average Bonchev–Trinajstić information content (AvgIpc) is 2.87. The lowest BCUT2D eigenvalue weighted by Crippen LogP contribution is -2.50. The summed E-state index contributed by atoms with van der Waals surface area (Å²) in [5.74, 6) is 1.03. The van der Waals surface area contributed by atoms with Gasteiger partial charge in [0.25, 0.3) is 0 Å². The van der Waals surface area contributed by atoms with Crippen LogP contribution in [0.4, 0.5) is 0 Å². The third-order valence-corrected chi connectivity index (χ3v) is 5.14. The average molecular weight is 295 g/mol. The standard InChI is InChI=1S/C17H33N3O/c1-15(2)12-17(6-4-5-7-17)14-18-13-16(21)20-10-8-19(3)9-11-20/h15,18H,4-14H2,1-3H3. The van der Waals surface area contributed by atoms with Gasteiger partial charge in [0.1, 0.15) is 0 Å². The zero-order valence-corrected chi connectivity index (χ0v) is 14.2. The Hall–Kier alpha value is -0.610. The van der Waals surface area contributed by atoms with Gasteiger partial charge in [0.15, 0.2) is 0 Å². The summed E-state index contributed by atoms with van der Waals surface area (Å²) >= 11 is 0. The Morgan fingerprint density at radius 1 is 1.14 bits per heavy atom. The predicted octanol–water partition coefficient (Wildman–Crippen LogP) is 1.96. The van der Waals surface area contributed by atoms with Crippen molar-refractivity contribution >= 4 is 5.91 Å². The van der Waals surface area contributed by atoms with Crippen molar-refractivity contribution in [1.82, 2.24) is 15.1 Å². The van der Waals surface area contributed by atoms with E-state index < -0.39 is 0 Å². The lowest BCUT2D eigenvalue weighted by atomic mass is 9.78.